The average molecular weight is 344 g/mol. The summed E-state index contributed by atoms with van der Waals surface area (Å²) in [6.07, 6.45) is 9.96. The van der Waals surface area contributed by atoms with E-state index in [1.807, 2.05) is 19.9 Å². The van der Waals surface area contributed by atoms with Gasteiger partial charge in [0.25, 0.3) is 0 Å². The summed E-state index contributed by atoms with van der Waals surface area (Å²) in [4.78, 5) is 24.3. The van der Waals surface area contributed by atoms with Crippen molar-refractivity contribution in [1.29, 1.82) is 0 Å². The zero-order valence-corrected chi connectivity index (χ0v) is 15.6. The molecule has 2 unspecified atom stereocenters. The number of ketones is 2. The molecule has 4 rings (SSSR count). The molecule has 0 aromatic carbocycles. The van der Waals surface area contributed by atoms with Crippen molar-refractivity contribution in [2.75, 3.05) is 0 Å². The van der Waals surface area contributed by atoms with Gasteiger partial charge in [-0.15, -0.1) is 0 Å². The van der Waals surface area contributed by atoms with Crippen molar-refractivity contribution >= 4 is 11.6 Å². The van der Waals surface area contributed by atoms with Gasteiger partial charge in [0.1, 0.15) is 11.5 Å². The lowest BCUT2D eigenvalue weighted by Gasteiger charge is -2.59. The van der Waals surface area contributed by atoms with E-state index in [1.165, 1.54) is 0 Å². The fraction of sp³-hybridized carbons (Fsp3) is 0.727. The van der Waals surface area contributed by atoms with Gasteiger partial charge in [0.05, 0.1) is 0 Å². The highest BCUT2D eigenvalue weighted by Crippen LogP contribution is 2.67. The summed E-state index contributed by atoms with van der Waals surface area (Å²) in [5.41, 5.74) is -0.335. The Labute approximate surface area is 149 Å². The van der Waals surface area contributed by atoms with E-state index in [0.717, 1.165) is 37.7 Å². The standard InChI is InChI=1S/C22H29FO2/c1-4-20(25)19-10-9-17-18-7-5-14-11-15(24)6-8-16(14)22(18,23)13(2)12-21(17,19)3/h6,8,11,13,16-19H,4-5,7,9-10,12H2,1-3H3/t13-,16?,17-,18-,19?,21-,22-/m0/s1. The molecular formula is C22H29FO2. The Bertz CT molecular complexity index is 678. The second-order valence-electron chi connectivity index (χ2n) is 9.10. The topological polar surface area (TPSA) is 34.1 Å². The first kappa shape index (κ1) is 17.2. The predicted molar refractivity (Wildman–Crippen MR) is 95.7 cm³/mol. The fourth-order valence-electron chi connectivity index (χ4n) is 7.06. The molecule has 4 aliphatic rings. The number of carbonyl (C=O) groups excluding carboxylic acids is 2. The van der Waals surface area contributed by atoms with Crippen LogP contribution in [0.5, 0.6) is 0 Å². The number of Topliss-reactive ketones (excluding diaryl/α,β-unsaturated/α-hetero) is 1. The Morgan fingerprint density at radius 3 is 2.76 bits per heavy atom. The van der Waals surface area contributed by atoms with Crippen LogP contribution < -0.4 is 0 Å². The third-order valence-corrected chi connectivity index (χ3v) is 8.10. The number of rotatable bonds is 2. The summed E-state index contributed by atoms with van der Waals surface area (Å²) in [7, 11) is 0. The van der Waals surface area contributed by atoms with E-state index in [-0.39, 0.29) is 34.9 Å². The molecule has 0 saturated heterocycles. The smallest absolute Gasteiger partial charge is 0.178 e. The van der Waals surface area contributed by atoms with Crippen LogP contribution >= 0.6 is 0 Å². The van der Waals surface area contributed by atoms with E-state index in [1.54, 1.807) is 12.2 Å². The molecule has 0 bridgehead atoms. The first-order chi connectivity index (χ1) is 11.8. The molecule has 0 amide bonds. The lowest BCUT2D eigenvalue weighted by atomic mass is 9.47. The minimum absolute atomic E-state index is 0.00364. The lowest BCUT2D eigenvalue weighted by Crippen LogP contribution is -2.60. The van der Waals surface area contributed by atoms with Crippen LogP contribution in [0.3, 0.4) is 0 Å². The molecule has 7 atom stereocenters. The lowest BCUT2D eigenvalue weighted by molar-refractivity contribution is -0.147. The summed E-state index contributed by atoms with van der Waals surface area (Å²) in [6.45, 7) is 6.24. The molecule has 0 aromatic rings. The molecule has 3 saturated carbocycles. The van der Waals surface area contributed by atoms with Crippen molar-refractivity contribution in [2.45, 2.75) is 65.0 Å². The van der Waals surface area contributed by atoms with Crippen LogP contribution in [-0.2, 0) is 9.59 Å². The maximum absolute atomic E-state index is 16.6. The van der Waals surface area contributed by atoms with Gasteiger partial charge in [0.15, 0.2) is 5.78 Å². The number of allylic oxidation sites excluding steroid dienone is 4. The van der Waals surface area contributed by atoms with Crippen LogP contribution in [0.15, 0.2) is 23.8 Å². The van der Waals surface area contributed by atoms with Crippen molar-refractivity contribution in [3.05, 3.63) is 23.8 Å². The van der Waals surface area contributed by atoms with Gasteiger partial charge < -0.3 is 0 Å². The summed E-state index contributed by atoms with van der Waals surface area (Å²) in [5, 5.41) is 0. The van der Waals surface area contributed by atoms with Gasteiger partial charge in [-0.25, -0.2) is 4.39 Å². The first-order valence-electron chi connectivity index (χ1n) is 9.96. The van der Waals surface area contributed by atoms with Gasteiger partial charge in [0, 0.05) is 18.3 Å². The zero-order chi connectivity index (χ0) is 18.0. The summed E-state index contributed by atoms with van der Waals surface area (Å²) in [5.74, 6) is 0.437. The second kappa shape index (κ2) is 5.62. The minimum atomic E-state index is -1.27. The Morgan fingerprint density at radius 2 is 2.04 bits per heavy atom. The van der Waals surface area contributed by atoms with Crippen molar-refractivity contribution in [3.8, 4) is 0 Å². The van der Waals surface area contributed by atoms with Gasteiger partial charge in [0.2, 0.25) is 0 Å². The van der Waals surface area contributed by atoms with Crippen LogP contribution in [0, 0.1) is 35.0 Å². The monoisotopic (exact) mass is 344 g/mol. The van der Waals surface area contributed by atoms with E-state index < -0.39 is 5.67 Å². The van der Waals surface area contributed by atoms with Crippen molar-refractivity contribution in [1.82, 2.24) is 0 Å². The van der Waals surface area contributed by atoms with Gasteiger partial charge in [-0.2, -0.15) is 0 Å². The van der Waals surface area contributed by atoms with Gasteiger partial charge in [-0.1, -0.05) is 32.4 Å². The highest BCUT2D eigenvalue weighted by atomic mass is 19.1. The fourth-order valence-corrected chi connectivity index (χ4v) is 7.06. The van der Waals surface area contributed by atoms with Crippen LogP contribution in [0.25, 0.3) is 0 Å². The SMILES string of the molecule is CCC(=O)C1CC[C@H]2[C@@H]3CCC4=CC(=O)C=CC4[C@@]3(F)[C@@H](C)C[C@]12C. The number of hydrogen-bond donors (Lipinski definition) is 0. The molecule has 136 valence electrons. The van der Waals surface area contributed by atoms with E-state index in [0.29, 0.717) is 18.1 Å². The Morgan fingerprint density at radius 1 is 1.28 bits per heavy atom. The number of carbonyl (C=O) groups is 2. The molecule has 0 N–H and O–H groups in total. The molecule has 0 spiro atoms. The molecule has 3 fully saturated rings. The van der Waals surface area contributed by atoms with E-state index in [9.17, 15) is 9.59 Å². The summed E-state index contributed by atoms with van der Waals surface area (Å²) < 4.78 is 16.6. The molecule has 0 radical (unpaired) electrons. The van der Waals surface area contributed by atoms with E-state index in [4.69, 9.17) is 0 Å². The number of fused-ring (bicyclic) bond motifs is 5. The summed E-state index contributed by atoms with van der Waals surface area (Å²) >= 11 is 0. The van der Waals surface area contributed by atoms with Crippen LogP contribution in [-0.4, -0.2) is 17.2 Å². The summed E-state index contributed by atoms with van der Waals surface area (Å²) in [6, 6.07) is 0. The number of hydrogen-bond acceptors (Lipinski definition) is 2. The highest BCUT2D eigenvalue weighted by molar-refractivity contribution is 6.01. The van der Waals surface area contributed by atoms with E-state index in [2.05, 4.69) is 6.92 Å². The third kappa shape index (κ3) is 2.20. The van der Waals surface area contributed by atoms with E-state index >= 15 is 4.39 Å². The maximum Gasteiger partial charge on any atom is 0.178 e. The van der Waals surface area contributed by atoms with Gasteiger partial charge >= 0.3 is 0 Å². The van der Waals surface area contributed by atoms with Gasteiger partial charge in [-0.05, 0) is 67.4 Å². The van der Waals surface area contributed by atoms with Crippen molar-refractivity contribution in [3.63, 3.8) is 0 Å². The predicted octanol–water partition coefficient (Wildman–Crippen LogP) is 4.84. The van der Waals surface area contributed by atoms with Crippen LogP contribution in [0.1, 0.15) is 59.3 Å². The van der Waals surface area contributed by atoms with Crippen LogP contribution in [0.4, 0.5) is 4.39 Å². The molecule has 4 aliphatic carbocycles. The number of halogens is 1. The van der Waals surface area contributed by atoms with Crippen LogP contribution in [0.2, 0.25) is 0 Å². The third-order valence-electron chi connectivity index (χ3n) is 8.10. The highest BCUT2D eigenvalue weighted by Gasteiger charge is 2.66. The molecule has 25 heavy (non-hydrogen) atoms. The average Bonchev–Trinajstić information content (AvgIpc) is 2.91. The molecule has 0 heterocycles. The normalized spacial score (nSPS) is 48.4. The van der Waals surface area contributed by atoms with Crippen molar-refractivity contribution in [2.24, 2.45) is 35.0 Å². The minimum Gasteiger partial charge on any atom is -0.299 e. The molecule has 0 aliphatic heterocycles. The van der Waals surface area contributed by atoms with Crippen molar-refractivity contribution < 1.29 is 14.0 Å². The maximum atomic E-state index is 16.6. The quantitative estimate of drug-likeness (QED) is 0.718. The second-order valence-corrected chi connectivity index (χ2v) is 9.10. The Kier molecular flexibility index (Phi) is 3.86. The Hall–Kier alpha value is -1.25. The van der Waals surface area contributed by atoms with Gasteiger partial charge in [-0.3, -0.25) is 9.59 Å². The zero-order valence-electron chi connectivity index (χ0n) is 15.6. The number of alkyl halides is 1. The molecular weight excluding hydrogens is 315 g/mol. The molecule has 3 heteroatoms. The molecule has 2 nitrogen and oxygen atoms in total. The molecule has 0 aromatic heterocycles. The Balaban J connectivity index is 1.73. The largest absolute Gasteiger partial charge is 0.299 e. The first-order valence-corrected chi connectivity index (χ1v) is 9.96.